The van der Waals surface area contributed by atoms with Crippen LogP contribution >= 0.6 is 22.7 Å². The van der Waals surface area contributed by atoms with E-state index < -0.39 is 6.04 Å². The third-order valence-corrected chi connectivity index (χ3v) is 7.97. The van der Waals surface area contributed by atoms with E-state index >= 15 is 0 Å². The Morgan fingerprint density at radius 2 is 1.73 bits per heavy atom. The Morgan fingerprint density at radius 1 is 1.00 bits per heavy atom. The van der Waals surface area contributed by atoms with Crippen molar-refractivity contribution >= 4 is 49.4 Å². The van der Waals surface area contributed by atoms with Gasteiger partial charge < -0.3 is 15.5 Å². The fourth-order valence-corrected chi connectivity index (χ4v) is 6.30. The first kappa shape index (κ1) is 20.0. The first-order chi connectivity index (χ1) is 16.0. The molecule has 2 aromatic carbocycles. The molecule has 6 rings (SSSR count). The molecule has 4 aromatic rings. The van der Waals surface area contributed by atoms with Gasteiger partial charge >= 0.3 is 0 Å². The number of hydrogen-bond donors (Lipinski definition) is 3. The van der Waals surface area contributed by atoms with E-state index in [1.165, 1.54) is 9.40 Å². The van der Waals surface area contributed by atoms with Gasteiger partial charge in [0, 0.05) is 15.8 Å². The number of phenols is 2. The van der Waals surface area contributed by atoms with Gasteiger partial charge in [-0.25, -0.2) is 4.99 Å². The second-order valence-corrected chi connectivity index (χ2v) is 10.1. The number of fused-ring (bicyclic) bond motifs is 2. The lowest BCUT2D eigenvalue weighted by molar-refractivity contribution is -0.127. The van der Waals surface area contributed by atoms with Crippen LogP contribution in [0.2, 0.25) is 0 Å². The highest BCUT2D eigenvalue weighted by Gasteiger charge is 2.40. The molecule has 1 amide bonds. The average molecular weight is 474 g/mol. The van der Waals surface area contributed by atoms with E-state index in [1.807, 2.05) is 24.3 Å². The molecule has 0 spiro atoms. The lowest BCUT2D eigenvalue weighted by atomic mass is 10.1. The molecule has 1 unspecified atom stereocenters. The molecular formula is C25H19N3O3S2. The van der Waals surface area contributed by atoms with Gasteiger partial charge in [-0.05, 0) is 65.0 Å². The number of nitrogens with one attached hydrogen (secondary N) is 1. The van der Waals surface area contributed by atoms with Gasteiger partial charge in [-0.3, -0.25) is 9.69 Å². The van der Waals surface area contributed by atoms with Gasteiger partial charge in [0.25, 0.3) is 5.91 Å². The number of amides is 1. The van der Waals surface area contributed by atoms with E-state index in [0.717, 1.165) is 33.2 Å². The van der Waals surface area contributed by atoms with Gasteiger partial charge in [-0.1, -0.05) is 12.1 Å². The molecule has 33 heavy (non-hydrogen) atoms. The molecule has 164 valence electrons. The van der Waals surface area contributed by atoms with E-state index in [2.05, 4.69) is 22.8 Å². The van der Waals surface area contributed by atoms with Gasteiger partial charge in [0.15, 0.2) is 0 Å². The van der Waals surface area contributed by atoms with Crippen LogP contribution in [0.25, 0.3) is 15.1 Å². The molecule has 2 aliphatic rings. The molecule has 4 heterocycles. The van der Waals surface area contributed by atoms with Crippen molar-refractivity contribution < 1.29 is 15.0 Å². The number of rotatable bonds is 4. The van der Waals surface area contributed by atoms with Crippen LogP contribution in [0.4, 0.5) is 0 Å². The highest BCUT2D eigenvalue weighted by molar-refractivity contribution is 7.27. The van der Waals surface area contributed by atoms with E-state index in [4.69, 9.17) is 4.99 Å². The van der Waals surface area contributed by atoms with Crippen LogP contribution in [0.5, 0.6) is 11.5 Å². The third kappa shape index (κ3) is 3.57. The number of hydrogen-bond acceptors (Lipinski definition) is 7. The van der Waals surface area contributed by atoms with Crippen molar-refractivity contribution in [3.63, 3.8) is 0 Å². The van der Waals surface area contributed by atoms with Crippen LogP contribution in [-0.2, 0) is 11.2 Å². The van der Waals surface area contributed by atoms with E-state index in [-0.39, 0.29) is 17.4 Å². The molecule has 1 saturated heterocycles. The summed E-state index contributed by atoms with van der Waals surface area (Å²) in [5.41, 5.74) is 3.39. The fraction of sp³-hybridized carbons (Fsp3) is 0.120. The van der Waals surface area contributed by atoms with Gasteiger partial charge in [0.2, 0.25) is 0 Å². The summed E-state index contributed by atoms with van der Waals surface area (Å²) in [5, 5.41) is 24.8. The molecule has 2 aromatic heterocycles. The molecule has 0 bridgehead atoms. The number of benzene rings is 2. The molecule has 2 aliphatic heterocycles. The van der Waals surface area contributed by atoms with Crippen molar-refractivity contribution in [2.45, 2.75) is 12.5 Å². The highest BCUT2D eigenvalue weighted by Crippen LogP contribution is 2.39. The maximum atomic E-state index is 13.4. The number of carbonyl (C=O) groups excluding carboxylic acids is 1. The summed E-state index contributed by atoms with van der Waals surface area (Å²) in [4.78, 5) is 21.2. The summed E-state index contributed by atoms with van der Waals surface area (Å²) in [7, 11) is 0. The number of phenolic OH excluding ortho intramolecular Hbond substituents is 2. The van der Waals surface area contributed by atoms with Crippen molar-refractivity contribution in [1.82, 2.24) is 10.2 Å². The highest BCUT2D eigenvalue weighted by atomic mass is 32.1. The Balaban J connectivity index is 1.41. The Kier molecular flexibility index (Phi) is 4.70. The first-order valence-electron chi connectivity index (χ1n) is 10.5. The number of thiophene rings is 2. The quantitative estimate of drug-likeness (QED) is 0.406. The lowest BCUT2D eigenvalue weighted by Crippen LogP contribution is -2.36. The van der Waals surface area contributed by atoms with Crippen molar-refractivity contribution in [3.05, 3.63) is 87.9 Å². The fourth-order valence-electron chi connectivity index (χ4n) is 4.20. The molecule has 0 aliphatic carbocycles. The predicted molar refractivity (Wildman–Crippen MR) is 132 cm³/mol. The van der Waals surface area contributed by atoms with Crippen LogP contribution < -0.4 is 5.32 Å². The Labute approximate surface area is 197 Å². The van der Waals surface area contributed by atoms with Crippen LogP contribution in [0, 0.1) is 0 Å². The molecular weight excluding hydrogens is 454 g/mol. The zero-order valence-electron chi connectivity index (χ0n) is 17.4. The smallest absolute Gasteiger partial charge is 0.251 e. The number of aliphatic imine (C=N–C) groups is 1. The number of nitrogens with zero attached hydrogens (tertiary/aromatic N) is 2. The first-order valence-corrected chi connectivity index (χ1v) is 12.2. The Hall–Kier alpha value is -3.62. The Morgan fingerprint density at radius 3 is 2.45 bits per heavy atom. The van der Waals surface area contributed by atoms with Crippen LogP contribution in [0.3, 0.4) is 0 Å². The van der Waals surface area contributed by atoms with E-state index in [1.54, 1.807) is 51.8 Å². The molecule has 6 nitrogen and oxygen atoms in total. The predicted octanol–water partition coefficient (Wildman–Crippen LogP) is 4.55. The molecule has 1 fully saturated rings. The van der Waals surface area contributed by atoms with Crippen LogP contribution in [0.1, 0.15) is 16.0 Å². The minimum Gasteiger partial charge on any atom is -0.508 e. The summed E-state index contributed by atoms with van der Waals surface area (Å²) >= 11 is 3.36. The largest absolute Gasteiger partial charge is 0.508 e. The van der Waals surface area contributed by atoms with Gasteiger partial charge in [-0.15, -0.1) is 22.7 Å². The maximum Gasteiger partial charge on any atom is 0.251 e. The normalized spacial score (nSPS) is 17.9. The summed E-state index contributed by atoms with van der Waals surface area (Å²) < 4.78 is 2.40. The van der Waals surface area contributed by atoms with Crippen molar-refractivity contribution in [3.8, 4) is 11.5 Å². The third-order valence-electron chi connectivity index (χ3n) is 5.87. The number of carbonyl (C=O) groups is 1. The molecule has 0 saturated carbocycles. The van der Waals surface area contributed by atoms with E-state index in [9.17, 15) is 15.0 Å². The maximum absolute atomic E-state index is 13.4. The van der Waals surface area contributed by atoms with Crippen LogP contribution in [-0.4, -0.2) is 39.3 Å². The molecule has 0 radical (unpaired) electrons. The standard InChI is InChI=1S/C25H19N3O3S2/c29-16-5-1-14(2-6-16)11-18-25(31)28-13-19(15-3-7-17(30)8-4-15)26-23(24(28)27-18)22-12-21-20(33-22)9-10-32-21/h1-10,12,18,27,29-30H,11,13H2. The minimum absolute atomic E-state index is 0.000112. The van der Waals surface area contributed by atoms with Crippen molar-refractivity contribution in [2.24, 2.45) is 4.99 Å². The topological polar surface area (TPSA) is 85.2 Å². The SMILES string of the molecule is O=C1C(Cc2ccc(O)cc2)NC2=C(c3cc4sccc4s3)N=C(c3ccc(O)cc3)CN12. The summed E-state index contributed by atoms with van der Waals surface area (Å²) in [5.74, 6) is 1.13. The summed E-state index contributed by atoms with van der Waals surface area (Å²) in [6.07, 6.45) is 0.514. The second-order valence-electron chi connectivity index (χ2n) is 8.05. The molecule has 1 atom stereocenters. The van der Waals surface area contributed by atoms with E-state index in [0.29, 0.717) is 13.0 Å². The van der Waals surface area contributed by atoms with Gasteiger partial charge in [-0.2, -0.15) is 0 Å². The molecule has 8 heteroatoms. The zero-order valence-corrected chi connectivity index (χ0v) is 19.0. The average Bonchev–Trinajstić information content (AvgIpc) is 3.50. The summed E-state index contributed by atoms with van der Waals surface area (Å²) in [6.45, 7) is 0.362. The molecule has 3 N–H and O–H groups in total. The minimum atomic E-state index is -0.407. The van der Waals surface area contributed by atoms with Crippen molar-refractivity contribution in [1.29, 1.82) is 0 Å². The lowest BCUT2D eigenvalue weighted by Gasteiger charge is -2.25. The van der Waals surface area contributed by atoms with Crippen LogP contribution in [0.15, 0.2) is 76.9 Å². The van der Waals surface area contributed by atoms with Gasteiger partial charge in [0.05, 0.1) is 17.1 Å². The second kappa shape index (κ2) is 7.75. The van der Waals surface area contributed by atoms with Gasteiger partial charge in [0.1, 0.15) is 29.1 Å². The summed E-state index contributed by atoms with van der Waals surface area (Å²) in [6, 6.07) is 17.7. The number of aromatic hydroxyl groups is 2. The monoisotopic (exact) mass is 473 g/mol. The van der Waals surface area contributed by atoms with Crippen molar-refractivity contribution in [2.75, 3.05) is 6.54 Å². The Bertz CT molecular complexity index is 1400. The zero-order chi connectivity index (χ0) is 22.5.